The summed E-state index contributed by atoms with van der Waals surface area (Å²) in [6, 6.07) is 9.78. The molecule has 0 unspecified atom stereocenters. The Balaban J connectivity index is 2.26. The van der Waals surface area contributed by atoms with Gasteiger partial charge in [0, 0.05) is 14.7 Å². The van der Waals surface area contributed by atoms with Gasteiger partial charge in [0.1, 0.15) is 6.79 Å². The minimum Gasteiger partial charge on any atom is -0.356 e. The number of hydrogen-bond acceptors (Lipinski definition) is 2. The first kappa shape index (κ1) is 16.6. The van der Waals surface area contributed by atoms with Gasteiger partial charge in [0.15, 0.2) is 0 Å². The summed E-state index contributed by atoms with van der Waals surface area (Å²) in [6.45, 7) is 13.6. The van der Waals surface area contributed by atoms with Crippen molar-refractivity contribution in [2.24, 2.45) is 0 Å². The van der Waals surface area contributed by atoms with Crippen molar-refractivity contribution in [2.45, 2.75) is 45.4 Å². The van der Waals surface area contributed by atoms with E-state index in [1.165, 1.54) is 16.8 Å². The fourth-order valence-electron chi connectivity index (χ4n) is 1.78. The Hall–Kier alpha value is -0.426. The lowest BCUT2D eigenvalue weighted by Gasteiger charge is -2.16. The normalized spacial score (nSPS) is 12.1. The van der Waals surface area contributed by atoms with Crippen LogP contribution in [0.25, 0.3) is 0 Å². The van der Waals surface area contributed by atoms with Crippen LogP contribution >= 0.6 is 0 Å². The van der Waals surface area contributed by atoms with Gasteiger partial charge in [-0.05, 0) is 11.6 Å². The first-order valence-electron chi connectivity index (χ1n) is 6.94. The number of rotatable bonds is 8. The van der Waals surface area contributed by atoms with Gasteiger partial charge in [-0.25, -0.2) is 0 Å². The van der Waals surface area contributed by atoms with Gasteiger partial charge in [-0.2, -0.15) is 0 Å². The lowest BCUT2D eigenvalue weighted by atomic mass is 10.2. The van der Waals surface area contributed by atoms with Gasteiger partial charge < -0.3 is 9.47 Å². The molecule has 19 heavy (non-hydrogen) atoms. The fourth-order valence-corrected chi connectivity index (χ4v) is 3.77. The highest BCUT2D eigenvalue weighted by molar-refractivity contribution is 6.76. The molecule has 1 aromatic rings. The summed E-state index contributed by atoms with van der Waals surface area (Å²) < 4.78 is 11.2. The van der Waals surface area contributed by atoms with E-state index in [0.29, 0.717) is 13.4 Å². The summed E-state index contributed by atoms with van der Waals surface area (Å²) in [6.07, 6.45) is 0. The minimum absolute atomic E-state index is 0.411. The van der Waals surface area contributed by atoms with E-state index in [1.807, 2.05) is 0 Å². The van der Waals surface area contributed by atoms with E-state index < -0.39 is 16.9 Å². The lowest BCUT2D eigenvalue weighted by molar-refractivity contribution is -0.0571. The molecule has 0 spiro atoms. The summed E-state index contributed by atoms with van der Waals surface area (Å²) in [5.74, 6) is 0. The van der Waals surface area contributed by atoms with Crippen molar-refractivity contribution in [2.75, 3.05) is 13.4 Å². The Bertz CT molecular complexity index is 373. The monoisotopic (exact) mass is 295 g/mol. The second-order valence-electron chi connectivity index (χ2n) is 6.34. The fraction of sp³-hybridized carbons (Fsp3) is 0.600. The van der Waals surface area contributed by atoms with Gasteiger partial charge in [0.25, 0.3) is 0 Å². The summed E-state index contributed by atoms with van der Waals surface area (Å²) in [4.78, 5) is 0. The summed E-state index contributed by atoms with van der Waals surface area (Å²) in [5.41, 5.74) is 1.31. The molecule has 1 aromatic carbocycles. The van der Waals surface area contributed by atoms with Gasteiger partial charge in [-0.15, -0.1) is 0 Å². The Kier molecular flexibility index (Phi) is 7.00. The van der Waals surface area contributed by atoms with E-state index in [1.54, 1.807) is 0 Å². The van der Waals surface area contributed by atoms with Crippen LogP contribution in [0.4, 0.5) is 0 Å². The quantitative estimate of drug-likeness (QED) is 0.415. The molecule has 107 valence electrons. The van der Waals surface area contributed by atoms with Crippen LogP contribution in [0.1, 0.15) is 5.56 Å². The summed E-state index contributed by atoms with van der Waals surface area (Å²) >= 11 is 0. The molecule has 0 N–H and O–H groups in total. The van der Waals surface area contributed by atoms with E-state index in [9.17, 15) is 0 Å². The molecule has 0 aliphatic carbocycles. The van der Waals surface area contributed by atoms with Crippen LogP contribution < -0.4 is 5.19 Å². The largest absolute Gasteiger partial charge is 0.356 e. The highest BCUT2D eigenvalue weighted by atomic mass is 28.3. The molecule has 0 saturated carbocycles. The Morgan fingerprint density at radius 2 is 1.74 bits per heavy atom. The maximum Gasteiger partial charge on any atom is 0.147 e. The Morgan fingerprint density at radius 3 is 2.37 bits per heavy atom. The SMILES string of the molecule is C[Si](C)c1ccccc1COCOCC[Si](C)(C)C. The molecular weight excluding hydrogens is 268 g/mol. The topological polar surface area (TPSA) is 18.5 Å². The smallest absolute Gasteiger partial charge is 0.147 e. The van der Waals surface area contributed by atoms with Crippen molar-refractivity contribution >= 4 is 22.1 Å². The maximum atomic E-state index is 5.63. The Labute approximate surface area is 120 Å². The van der Waals surface area contributed by atoms with E-state index in [2.05, 4.69) is 57.0 Å². The van der Waals surface area contributed by atoms with Crippen LogP contribution in [-0.4, -0.2) is 30.3 Å². The second-order valence-corrected chi connectivity index (χ2v) is 14.5. The third-order valence-electron chi connectivity index (χ3n) is 2.98. The van der Waals surface area contributed by atoms with E-state index in [0.717, 1.165) is 6.61 Å². The third kappa shape index (κ3) is 7.06. The van der Waals surface area contributed by atoms with Gasteiger partial charge in [0.2, 0.25) is 0 Å². The molecule has 0 aromatic heterocycles. The molecule has 0 fully saturated rings. The number of benzene rings is 1. The van der Waals surface area contributed by atoms with Crippen LogP contribution in [-0.2, 0) is 16.1 Å². The van der Waals surface area contributed by atoms with Crippen molar-refractivity contribution in [3.8, 4) is 0 Å². The van der Waals surface area contributed by atoms with E-state index in [-0.39, 0.29) is 0 Å². The zero-order valence-corrected chi connectivity index (χ0v) is 15.0. The van der Waals surface area contributed by atoms with E-state index in [4.69, 9.17) is 9.47 Å². The van der Waals surface area contributed by atoms with Gasteiger partial charge in [-0.3, -0.25) is 0 Å². The lowest BCUT2D eigenvalue weighted by Crippen LogP contribution is -2.27. The average Bonchev–Trinajstić information content (AvgIpc) is 2.32. The molecule has 0 saturated heterocycles. The molecule has 1 rings (SSSR count). The summed E-state index contributed by atoms with van der Waals surface area (Å²) in [5, 5.41) is 1.47. The van der Waals surface area contributed by atoms with Crippen LogP contribution in [0.2, 0.25) is 38.8 Å². The van der Waals surface area contributed by atoms with E-state index >= 15 is 0 Å². The van der Waals surface area contributed by atoms with Crippen molar-refractivity contribution in [1.29, 1.82) is 0 Å². The minimum atomic E-state index is -0.982. The summed E-state index contributed by atoms with van der Waals surface area (Å²) in [7, 11) is -1.40. The average molecular weight is 296 g/mol. The molecular formula is C15H27O2Si2. The highest BCUT2D eigenvalue weighted by Gasteiger charge is 2.12. The molecule has 0 aliphatic heterocycles. The molecule has 0 atom stereocenters. The first-order chi connectivity index (χ1) is 8.90. The molecule has 0 aliphatic rings. The maximum absolute atomic E-state index is 5.63. The van der Waals surface area contributed by atoms with Gasteiger partial charge in [-0.1, -0.05) is 62.2 Å². The Morgan fingerprint density at radius 1 is 1.05 bits per heavy atom. The molecule has 2 nitrogen and oxygen atoms in total. The predicted molar refractivity (Wildman–Crippen MR) is 87.3 cm³/mol. The van der Waals surface area contributed by atoms with Crippen LogP contribution in [0, 0.1) is 0 Å². The van der Waals surface area contributed by atoms with Crippen molar-refractivity contribution in [1.82, 2.24) is 0 Å². The number of ether oxygens (including phenoxy) is 2. The molecule has 0 bridgehead atoms. The van der Waals surface area contributed by atoms with Crippen molar-refractivity contribution in [3.05, 3.63) is 29.8 Å². The number of hydrogen-bond donors (Lipinski definition) is 0. The molecule has 0 amide bonds. The predicted octanol–water partition coefficient (Wildman–Crippen LogP) is 3.48. The van der Waals surface area contributed by atoms with Crippen molar-refractivity contribution < 1.29 is 9.47 Å². The third-order valence-corrected chi connectivity index (χ3v) is 6.25. The standard InChI is InChI=1S/C15H27O2Si2/c1-18(2)15-9-7-6-8-14(15)12-17-13-16-10-11-19(3,4)5/h6-9H,10-13H2,1-5H3. The molecule has 1 radical (unpaired) electrons. The highest BCUT2D eigenvalue weighted by Crippen LogP contribution is 2.07. The first-order valence-corrected chi connectivity index (χ1v) is 13.1. The van der Waals surface area contributed by atoms with Crippen molar-refractivity contribution in [3.63, 3.8) is 0 Å². The van der Waals surface area contributed by atoms with Gasteiger partial charge >= 0.3 is 0 Å². The second kappa shape index (κ2) is 7.99. The molecule has 4 heteroatoms. The molecule has 0 heterocycles. The van der Waals surface area contributed by atoms with Crippen LogP contribution in [0.3, 0.4) is 0 Å². The van der Waals surface area contributed by atoms with Crippen LogP contribution in [0.5, 0.6) is 0 Å². The van der Waals surface area contributed by atoms with Crippen LogP contribution in [0.15, 0.2) is 24.3 Å². The zero-order chi connectivity index (χ0) is 14.3. The zero-order valence-electron chi connectivity index (χ0n) is 13.0. The van der Waals surface area contributed by atoms with Gasteiger partial charge in [0.05, 0.1) is 15.4 Å².